The lowest BCUT2D eigenvalue weighted by Crippen LogP contribution is -3.00. The van der Waals surface area contributed by atoms with Crippen molar-refractivity contribution >= 4 is 11.6 Å². The summed E-state index contributed by atoms with van der Waals surface area (Å²) in [5, 5.41) is 16.2. The van der Waals surface area contributed by atoms with E-state index in [2.05, 4.69) is 10.6 Å². The van der Waals surface area contributed by atoms with E-state index in [1.54, 1.807) is 14.0 Å². The van der Waals surface area contributed by atoms with E-state index in [1.807, 2.05) is 18.2 Å². The summed E-state index contributed by atoms with van der Waals surface area (Å²) in [6, 6.07) is 5.58. The zero-order valence-corrected chi connectivity index (χ0v) is 13.9. The fraction of sp³-hybridized carbons (Fsp3) is 0.538. The van der Waals surface area contributed by atoms with Crippen molar-refractivity contribution in [3.8, 4) is 5.75 Å². The molecule has 1 atom stereocenters. The summed E-state index contributed by atoms with van der Waals surface area (Å²) in [6.07, 6.45) is -0.307. The quantitative estimate of drug-likeness (QED) is 0.416. The number of benzene rings is 1. The Labute approximate surface area is 138 Å². The first-order valence-electron chi connectivity index (χ1n) is 6.05. The third-order valence-corrected chi connectivity index (χ3v) is 2.71. The summed E-state index contributed by atoms with van der Waals surface area (Å²) in [5.41, 5.74) is 1.04. The number of aliphatic hydroxyl groups is 1. The number of aliphatic hydroxyl groups excluding tert-OH is 1. The van der Waals surface area contributed by atoms with Gasteiger partial charge in [0.25, 0.3) is 0 Å². The van der Waals surface area contributed by atoms with Gasteiger partial charge in [-0.15, -0.1) is 0 Å². The second-order valence-corrected chi connectivity index (χ2v) is 4.62. The minimum absolute atomic E-state index is 0. The van der Waals surface area contributed by atoms with Gasteiger partial charge in [-0.3, -0.25) is 0 Å². The summed E-state index contributed by atoms with van der Waals surface area (Å²) in [5.74, 6) is 0.837. The predicted octanol–water partition coefficient (Wildman–Crippen LogP) is -4.58. The van der Waals surface area contributed by atoms with Gasteiger partial charge in [-0.25, -0.2) is 0 Å². The highest BCUT2D eigenvalue weighted by molar-refractivity contribution is 6.30. The highest BCUT2D eigenvalue weighted by Gasteiger charge is 2.03. The van der Waals surface area contributed by atoms with Crippen molar-refractivity contribution < 1.29 is 34.7 Å². The number of methoxy groups -OCH3 is 1. The summed E-state index contributed by atoms with van der Waals surface area (Å²) in [7, 11) is 1.65. The van der Waals surface area contributed by atoms with Crippen LogP contribution >= 0.6 is 11.6 Å². The molecule has 0 aliphatic rings. The molecule has 0 aliphatic heterocycles. The van der Waals surface area contributed by atoms with Crippen molar-refractivity contribution in [1.82, 2.24) is 10.6 Å². The fourth-order valence-electron chi connectivity index (χ4n) is 1.60. The van der Waals surface area contributed by atoms with E-state index < -0.39 is 0 Å². The van der Waals surface area contributed by atoms with Gasteiger partial charge in [0.2, 0.25) is 0 Å². The van der Waals surface area contributed by atoms with Gasteiger partial charge in [0.15, 0.2) is 0 Å². The Morgan fingerprint density at radius 1 is 1.25 bits per heavy atom. The number of hydrogen-bond donors (Lipinski definition) is 3. The second-order valence-electron chi connectivity index (χ2n) is 4.19. The minimum atomic E-state index is -0.307. The zero-order valence-electron chi connectivity index (χ0n) is 11.6. The smallest absolute Gasteiger partial charge is 0.123 e. The van der Waals surface area contributed by atoms with E-state index in [0.717, 1.165) is 24.4 Å². The topological polar surface area (TPSA) is 53.5 Å². The predicted molar refractivity (Wildman–Crippen MR) is 74.3 cm³/mol. The molecule has 0 fully saturated rings. The van der Waals surface area contributed by atoms with Crippen molar-refractivity contribution in [2.75, 3.05) is 26.7 Å². The van der Waals surface area contributed by atoms with Crippen molar-refractivity contribution in [3.63, 3.8) is 0 Å². The summed E-state index contributed by atoms with van der Waals surface area (Å²) >= 11 is 5.95. The van der Waals surface area contributed by atoms with E-state index >= 15 is 0 Å². The van der Waals surface area contributed by atoms with Gasteiger partial charge in [0, 0.05) is 36.8 Å². The van der Waals surface area contributed by atoms with Crippen molar-refractivity contribution in [2.24, 2.45) is 0 Å². The molecule has 118 valence electrons. The van der Waals surface area contributed by atoms with E-state index in [1.165, 1.54) is 0 Å². The van der Waals surface area contributed by atoms with Crippen molar-refractivity contribution in [3.05, 3.63) is 28.8 Å². The number of rotatable bonds is 8. The van der Waals surface area contributed by atoms with Gasteiger partial charge in [0.1, 0.15) is 5.75 Å². The third-order valence-electron chi connectivity index (χ3n) is 2.48. The molecule has 0 bridgehead atoms. The number of hydrogen-bond acceptors (Lipinski definition) is 4. The van der Waals surface area contributed by atoms with Gasteiger partial charge in [-0.2, -0.15) is 0 Å². The van der Waals surface area contributed by atoms with Crippen LogP contribution in [0.1, 0.15) is 12.5 Å². The molecule has 20 heavy (non-hydrogen) atoms. The number of ether oxygens (including phenoxy) is 1. The van der Waals surface area contributed by atoms with E-state index in [4.69, 9.17) is 21.4 Å². The maximum Gasteiger partial charge on any atom is 0.123 e. The van der Waals surface area contributed by atoms with Crippen LogP contribution in [0.2, 0.25) is 5.02 Å². The van der Waals surface area contributed by atoms with Crippen LogP contribution in [0.3, 0.4) is 0 Å². The lowest BCUT2D eigenvalue weighted by atomic mass is 10.2. The molecule has 1 aromatic carbocycles. The Hall–Kier alpha value is -0.230. The van der Waals surface area contributed by atoms with Crippen molar-refractivity contribution in [1.29, 1.82) is 0 Å². The van der Waals surface area contributed by atoms with Crippen LogP contribution in [0.15, 0.2) is 18.2 Å². The lowest BCUT2D eigenvalue weighted by molar-refractivity contribution is -0.00100. The van der Waals surface area contributed by atoms with Crippen molar-refractivity contribution in [2.45, 2.75) is 19.6 Å². The van der Waals surface area contributed by atoms with Crippen LogP contribution in [-0.4, -0.2) is 38.0 Å². The van der Waals surface area contributed by atoms with Gasteiger partial charge in [-0.05, 0) is 25.1 Å². The SMILES string of the molecule is COc1ccc(Cl)cc1CNCCNCC(C)O.[Cl-].[Cl-]. The van der Waals surface area contributed by atoms with Gasteiger partial charge in [-0.1, -0.05) is 11.6 Å². The van der Waals surface area contributed by atoms with Crippen LogP contribution in [0.4, 0.5) is 0 Å². The molecule has 0 heterocycles. The number of halogens is 3. The molecule has 0 amide bonds. The molecule has 0 saturated carbocycles. The van der Waals surface area contributed by atoms with E-state index in [9.17, 15) is 0 Å². The number of nitrogens with one attached hydrogen (secondary N) is 2. The largest absolute Gasteiger partial charge is 1.00 e. The second kappa shape index (κ2) is 12.5. The molecule has 0 radical (unpaired) electrons. The Bertz CT molecular complexity index is 365. The molecule has 1 aromatic rings. The summed E-state index contributed by atoms with van der Waals surface area (Å²) in [6.45, 7) is 4.72. The third kappa shape index (κ3) is 8.84. The monoisotopic (exact) mass is 342 g/mol. The van der Waals surface area contributed by atoms with E-state index in [0.29, 0.717) is 18.1 Å². The van der Waals surface area contributed by atoms with Gasteiger partial charge in [0.05, 0.1) is 13.2 Å². The molecular formula is C13H21Cl3N2O2-2. The highest BCUT2D eigenvalue weighted by atomic mass is 35.5. The maximum absolute atomic E-state index is 9.07. The first kappa shape index (κ1) is 22.1. The highest BCUT2D eigenvalue weighted by Crippen LogP contribution is 2.22. The van der Waals surface area contributed by atoms with Crippen LogP contribution in [0.25, 0.3) is 0 Å². The lowest BCUT2D eigenvalue weighted by Gasteiger charge is -2.11. The molecule has 1 unspecified atom stereocenters. The van der Waals surface area contributed by atoms with Crippen LogP contribution in [0, 0.1) is 0 Å². The Balaban J connectivity index is 0. The normalized spacial score (nSPS) is 11.2. The molecule has 0 saturated heterocycles. The van der Waals surface area contributed by atoms with Crippen LogP contribution in [-0.2, 0) is 6.54 Å². The Morgan fingerprint density at radius 2 is 1.90 bits per heavy atom. The van der Waals surface area contributed by atoms with Gasteiger partial charge >= 0.3 is 0 Å². The zero-order chi connectivity index (χ0) is 13.4. The molecule has 0 aliphatic carbocycles. The summed E-state index contributed by atoms with van der Waals surface area (Å²) < 4.78 is 5.26. The van der Waals surface area contributed by atoms with Crippen LogP contribution in [0.5, 0.6) is 5.75 Å². The molecule has 0 spiro atoms. The molecular weight excluding hydrogens is 323 g/mol. The molecule has 1 rings (SSSR count). The average molecular weight is 344 g/mol. The fourth-order valence-corrected chi connectivity index (χ4v) is 1.79. The summed E-state index contributed by atoms with van der Waals surface area (Å²) in [4.78, 5) is 0. The average Bonchev–Trinajstić information content (AvgIpc) is 2.33. The Morgan fingerprint density at radius 3 is 2.50 bits per heavy atom. The molecule has 4 nitrogen and oxygen atoms in total. The molecule has 3 N–H and O–H groups in total. The van der Waals surface area contributed by atoms with E-state index in [-0.39, 0.29) is 30.9 Å². The van der Waals surface area contributed by atoms with Crippen LogP contribution < -0.4 is 40.2 Å². The van der Waals surface area contributed by atoms with Gasteiger partial charge < -0.3 is 45.3 Å². The first-order valence-corrected chi connectivity index (χ1v) is 6.43. The maximum atomic E-state index is 9.07. The standard InChI is InChI=1S/C13H21ClN2O2.2ClH/c1-10(17)8-15-5-6-16-9-11-7-12(14)3-4-13(11)18-2;;/h3-4,7,10,15-17H,5-6,8-9H2,1-2H3;2*1H/p-2. The Kier molecular flexibility index (Phi) is 13.8. The molecule has 0 aromatic heterocycles. The first-order chi connectivity index (χ1) is 8.63. The minimum Gasteiger partial charge on any atom is -1.00 e. The molecule has 7 heteroatoms.